The molecule has 1 N–H and O–H groups in total. The van der Waals surface area contributed by atoms with Gasteiger partial charge in [0, 0.05) is 6.04 Å². The first kappa shape index (κ1) is 14.8. The fourth-order valence-corrected chi connectivity index (χ4v) is 3.75. The van der Waals surface area contributed by atoms with Gasteiger partial charge in [0.15, 0.2) is 0 Å². The molecule has 1 aromatic rings. The smallest absolute Gasteiger partial charge is 0.230 e. The molecule has 0 aliphatic heterocycles. The Morgan fingerprint density at radius 1 is 1.33 bits per heavy atom. The summed E-state index contributed by atoms with van der Waals surface area (Å²) in [5, 5.41) is 15.7. The summed E-state index contributed by atoms with van der Waals surface area (Å²) in [7, 11) is 0. The Morgan fingerprint density at radius 3 is 2.90 bits per heavy atom. The lowest BCUT2D eigenvalue weighted by molar-refractivity contribution is -0.120. The van der Waals surface area contributed by atoms with Crippen molar-refractivity contribution < 1.29 is 4.79 Å². The van der Waals surface area contributed by atoms with E-state index in [4.69, 9.17) is 0 Å². The molecule has 7 heteroatoms. The van der Waals surface area contributed by atoms with Gasteiger partial charge in [-0.15, -0.1) is 5.10 Å². The van der Waals surface area contributed by atoms with E-state index in [0.717, 1.165) is 24.4 Å². The second-order valence-electron chi connectivity index (χ2n) is 6.37. The van der Waals surface area contributed by atoms with E-state index in [1.54, 1.807) is 0 Å². The van der Waals surface area contributed by atoms with Crippen molar-refractivity contribution in [2.24, 2.45) is 11.8 Å². The number of carbonyl (C=O) groups is 1. The molecule has 1 aromatic heterocycles. The van der Waals surface area contributed by atoms with Gasteiger partial charge in [-0.1, -0.05) is 38.5 Å². The van der Waals surface area contributed by atoms with E-state index in [2.05, 4.69) is 34.7 Å². The Kier molecular flexibility index (Phi) is 4.47. The average molecular weight is 309 g/mol. The van der Waals surface area contributed by atoms with Crippen LogP contribution in [0.2, 0.25) is 0 Å². The molecule has 3 rings (SSSR count). The Bertz CT molecular complexity index is 501. The van der Waals surface area contributed by atoms with Crippen LogP contribution in [0.3, 0.4) is 0 Å². The summed E-state index contributed by atoms with van der Waals surface area (Å²) < 4.78 is 1.85. The van der Waals surface area contributed by atoms with Gasteiger partial charge in [0.05, 0.1) is 11.8 Å². The van der Waals surface area contributed by atoms with Crippen LogP contribution < -0.4 is 5.32 Å². The molecule has 3 atom stereocenters. The van der Waals surface area contributed by atoms with Crippen molar-refractivity contribution in [3.8, 4) is 0 Å². The van der Waals surface area contributed by atoms with E-state index < -0.39 is 0 Å². The number of carbonyl (C=O) groups excluding carboxylic acids is 1. The molecule has 0 aromatic carbocycles. The van der Waals surface area contributed by atoms with E-state index in [1.165, 1.54) is 24.6 Å². The summed E-state index contributed by atoms with van der Waals surface area (Å²) >= 11 is 1.44. The molecule has 0 spiro atoms. The molecular weight excluding hydrogens is 286 g/mol. The molecule has 2 saturated carbocycles. The quantitative estimate of drug-likeness (QED) is 0.843. The first-order chi connectivity index (χ1) is 10.1. The second kappa shape index (κ2) is 6.34. The molecule has 2 fully saturated rings. The van der Waals surface area contributed by atoms with E-state index in [0.29, 0.717) is 29.7 Å². The number of nitrogens with zero attached hydrogens (tertiary/aromatic N) is 4. The average Bonchev–Trinajstić information content (AvgIpc) is 3.20. The van der Waals surface area contributed by atoms with Gasteiger partial charge >= 0.3 is 0 Å². The molecule has 21 heavy (non-hydrogen) atoms. The number of thioether (sulfide) groups is 1. The van der Waals surface area contributed by atoms with E-state index in [9.17, 15) is 4.79 Å². The van der Waals surface area contributed by atoms with Gasteiger partial charge in [0.2, 0.25) is 11.1 Å². The molecule has 2 aliphatic carbocycles. The van der Waals surface area contributed by atoms with Crippen LogP contribution in [0.5, 0.6) is 0 Å². The lowest BCUT2D eigenvalue weighted by Gasteiger charge is -2.34. The van der Waals surface area contributed by atoms with Gasteiger partial charge in [-0.05, 0) is 41.5 Å². The zero-order valence-corrected chi connectivity index (χ0v) is 13.5. The molecule has 6 nitrogen and oxygen atoms in total. The number of hydrogen-bond acceptors (Lipinski definition) is 5. The topological polar surface area (TPSA) is 72.7 Å². The Hall–Kier alpha value is -1.11. The van der Waals surface area contributed by atoms with Crippen molar-refractivity contribution >= 4 is 17.7 Å². The third-order valence-electron chi connectivity index (χ3n) is 4.74. The number of amides is 1. The molecule has 3 unspecified atom stereocenters. The maximum Gasteiger partial charge on any atom is 0.230 e. The molecule has 1 heterocycles. The SMILES string of the molecule is CC1CCCC(NC(=O)CSc2nnnn2C2CC2)C1C. The number of aromatic nitrogens is 4. The third kappa shape index (κ3) is 3.56. The fourth-order valence-electron chi connectivity index (χ4n) is 2.99. The van der Waals surface area contributed by atoms with Crippen LogP contribution in [0.25, 0.3) is 0 Å². The largest absolute Gasteiger partial charge is 0.352 e. The van der Waals surface area contributed by atoms with Crippen molar-refractivity contribution in [3.05, 3.63) is 0 Å². The van der Waals surface area contributed by atoms with Crippen LogP contribution in [-0.2, 0) is 4.79 Å². The Morgan fingerprint density at radius 2 is 2.14 bits per heavy atom. The Balaban J connectivity index is 1.49. The highest BCUT2D eigenvalue weighted by atomic mass is 32.2. The number of nitrogens with one attached hydrogen (secondary N) is 1. The maximum absolute atomic E-state index is 12.1. The number of hydrogen-bond donors (Lipinski definition) is 1. The minimum Gasteiger partial charge on any atom is -0.352 e. The summed E-state index contributed by atoms with van der Waals surface area (Å²) in [5.74, 6) is 1.74. The second-order valence-corrected chi connectivity index (χ2v) is 7.31. The van der Waals surface area contributed by atoms with Crippen molar-refractivity contribution in [3.63, 3.8) is 0 Å². The van der Waals surface area contributed by atoms with Gasteiger partial charge in [0.25, 0.3) is 0 Å². The van der Waals surface area contributed by atoms with Crippen molar-refractivity contribution in [1.29, 1.82) is 0 Å². The molecule has 0 radical (unpaired) electrons. The van der Waals surface area contributed by atoms with Crippen LogP contribution in [-0.4, -0.2) is 37.9 Å². The normalized spacial score (nSPS) is 29.3. The van der Waals surface area contributed by atoms with Crippen LogP contribution in [0.4, 0.5) is 0 Å². The van der Waals surface area contributed by atoms with Gasteiger partial charge in [-0.2, -0.15) is 0 Å². The third-order valence-corrected chi connectivity index (χ3v) is 5.67. The summed E-state index contributed by atoms with van der Waals surface area (Å²) in [6.45, 7) is 4.52. The lowest BCUT2D eigenvalue weighted by atomic mass is 9.78. The van der Waals surface area contributed by atoms with E-state index in [-0.39, 0.29) is 5.91 Å². The van der Waals surface area contributed by atoms with Crippen LogP contribution in [0, 0.1) is 11.8 Å². The van der Waals surface area contributed by atoms with Gasteiger partial charge < -0.3 is 5.32 Å². The predicted octanol–water partition coefficient (Wildman–Crippen LogP) is 2.04. The number of tetrazole rings is 1. The number of rotatable bonds is 5. The van der Waals surface area contributed by atoms with Gasteiger partial charge in [0.1, 0.15) is 0 Å². The van der Waals surface area contributed by atoms with Crippen LogP contribution >= 0.6 is 11.8 Å². The predicted molar refractivity (Wildman–Crippen MR) is 80.9 cm³/mol. The maximum atomic E-state index is 12.1. The summed E-state index contributed by atoms with van der Waals surface area (Å²) in [6, 6.07) is 0.769. The van der Waals surface area contributed by atoms with Crippen LogP contribution in [0.15, 0.2) is 5.16 Å². The molecule has 0 bridgehead atoms. The molecule has 0 saturated heterocycles. The molecule has 2 aliphatic rings. The zero-order valence-electron chi connectivity index (χ0n) is 12.7. The highest BCUT2D eigenvalue weighted by molar-refractivity contribution is 7.99. The van der Waals surface area contributed by atoms with E-state index >= 15 is 0 Å². The summed E-state index contributed by atoms with van der Waals surface area (Å²) in [4.78, 5) is 12.1. The molecule has 1 amide bonds. The molecule has 116 valence electrons. The van der Waals surface area contributed by atoms with Gasteiger partial charge in [-0.3, -0.25) is 4.79 Å². The highest BCUT2D eigenvalue weighted by Crippen LogP contribution is 2.36. The summed E-state index contributed by atoms with van der Waals surface area (Å²) in [6.07, 6.45) is 5.87. The minimum absolute atomic E-state index is 0.0938. The standard InChI is InChI=1S/C14H23N5OS/c1-9-4-3-5-12(10(9)2)15-13(20)8-21-14-16-17-18-19(14)11-6-7-11/h9-12H,3-8H2,1-2H3,(H,15,20). The van der Waals surface area contributed by atoms with Crippen molar-refractivity contribution in [1.82, 2.24) is 25.5 Å². The first-order valence-corrected chi connectivity index (χ1v) is 8.83. The van der Waals surface area contributed by atoms with Gasteiger partial charge in [-0.25, -0.2) is 4.68 Å². The highest BCUT2D eigenvalue weighted by Gasteiger charge is 2.29. The summed E-state index contributed by atoms with van der Waals surface area (Å²) in [5.41, 5.74) is 0. The molecular formula is C14H23N5OS. The minimum atomic E-state index is 0.0938. The van der Waals surface area contributed by atoms with Crippen molar-refractivity contribution in [2.45, 2.75) is 63.2 Å². The Labute approximate surface area is 129 Å². The fraction of sp³-hybridized carbons (Fsp3) is 0.857. The first-order valence-electron chi connectivity index (χ1n) is 7.85. The van der Waals surface area contributed by atoms with E-state index in [1.807, 2.05) is 4.68 Å². The zero-order chi connectivity index (χ0) is 14.8. The lowest BCUT2D eigenvalue weighted by Crippen LogP contribution is -2.44. The monoisotopic (exact) mass is 309 g/mol. The van der Waals surface area contributed by atoms with Crippen molar-refractivity contribution in [2.75, 3.05) is 5.75 Å². The van der Waals surface area contributed by atoms with Crippen LogP contribution in [0.1, 0.15) is 52.0 Å².